The summed E-state index contributed by atoms with van der Waals surface area (Å²) < 4.78 is 29.5. The molecule has 0 aliphatic heterocycles. The SMILES string of the molecule is CCOC1CC(NC(=NC)NCCS(=O)(=O)C(C)(C)C)C12CCC2. The summed E-state index contributed by atoms with van der Waals surface area (Å²) in [6.45, 7) is 8.38. The zero-order valence-electron chi connectivity index (χ0n) is 15.7. The first-order valence-electron chi connectivity index (χ1n) is 8.97. The van der Waals surface area contributed by atoms with Crippen LogP contribution in [0.3, 0.4) is 0 Å². The second-order valence-corrected chi connectivity index (χ2v) is 10.8. The molecular weight excluding hydrogens is 326 g/mol. The molecule has 2 aliphatic rings. The molecular formula is C17H33N3O3S. The molecule has 0 bridgehead atoms. The van der Waals surface area contributed by atoms with Gasteiger partial charge >= 0.3 is 0 Å². The van der Waals surface area contributed by atoms with E-state index in [0.717, 1.165) is 13.0 Å². The lowest BCUT2D eigenvalue weighted by atomic mass is 9.51. The van der Waals surface area contributed by atoms with E-state index in [9.17, 15) is 8.42 Å². The second-order valence-electron chi connectivity index (χ2n) is 7.89. The summed E-state index contributed by atoms with van der Waals surface area (Å²) >= 11 is 0. The molecule has 1 spiro atoms. The Hall–Kier alpha value is -0.820. The molecule has 2 aliphatic carbocycles. The summed E-state index contributed by atoms with van der Waals surface area (Å²) in [6, 6.07) is 0.369. The highest BCUT2D eigenvalue weighted by molar-refractivity contribution is 7.92. The maximum Gasteiger partial charge on any atom is 0.191 e. The quantitative estimate of drug-likeness (QED) is 0.557. The third kappa shape index (κ3) is 3.72. The molecule has 2 fully saturated rings. The number of aliphatic imine (C=N–C) groups is 1. The summed E-state index contributed by atoms with van der Waals surface area (Å²) in [6.07, 6.45) is 5.01. The zero-order valence-corrected chi connectivity index (χ0v) is 16.5. The fourth-order valence-electron chi connectivity index (χ4n) is 3.61. The van der Waals surface area contributed by atoms with Gasteiger partial charge in [-0.15, -0.1) is 0 Å². The van der Waals surface area contributed by atoms with E-state index in [-0.39, 0.29) is 11.2 Å². The number of hydrogen-bond donors (Lipinski definition) is 2. The van der Waals surface area contributed by atoms with Crippen molar-refractivity contribution in [3.05, 3.63) is 0 Å². The maximum absolute atomic E-state index is 12.2. The average molecular weight is 360 g/mol. The van der Waals surface area contributed by atoms with E-state index in [1.165, 1.54) is 19.3 Å². The van der Waals surface area contributed by atoms with Gasteiger partial charge in [0.05, 0.1) is 16.6 Å². The predicted molar refractivity (Wildman–Crippen MR) is 98.1 cm³/mol. The molecule has 0 aromatic carbocycles. The van der Waals surface area contributed by atoms with Gasteiger partial charge in [0.2, 0.25) is 0 Å². The number of nitrogens with one attached hydrogen (secondary N) is 2. The van der Waals surface area contributed by atoms with Crippen LogP contribution in [0.2, 0.25) is 0 Å². The topological polar surface area (TPSA) is 79.8 Å². The molecule has 2 rings (SSSR count). The third-order valence-corrected chi connectivity index (χ3v) is 8.18. The Morgan fingerprint density at radius 2 is 2.00 bits per heavy atom. The Morgan fingerprint density at radius 3 is 2.46 bits per heavy atom. The van der Waals surface area contributed by atoms with Crippen LogP contribution in [0.1, 0.15) is 53.4 Å². The van der Waals surface area contributed by atoms with Crippen LogP contribution < -0.4 is 10.6 Å². The molecule has 0 saturated heterocycles. The lowest BCUT2D eigenvalue weighted by Gasteiger charge is -2.61. The van der Waals surface area contributed by atoms with E-state index >= 15 is 0 Å². The first-order chi connectivity index (χ1) is 11.2. The van der Waals surface area contributed by atoms with Crippen LogP contribution in [0.25, 0.3) is 0 Å². The van der Waals surface area contributed by atoms with Gasteiger partial charge in [0.15, 0.2) is 15.8 Å². The highest BCUT2D eigenvalue weighted by Gasteiger charge is 2.59. The van der Waals surface area contributed by atoms with E-state index < -0.39 is 14.6 Å². The largest absolute Gasteiger partial charge is 0.378 e. The highest BCUT2D eigenvalue weighted by atomic mass is 32.2. The van der Waals surface area contributed by atoms with E-state index in [2.05, 4.69) is 15.6 Å². The summed E-state index contributed by atoms with van der Waals surface area (Å²) in [5.74, 6) is 0.791. The molecule has 2 N–H and O–H groups in total. The fraction of sp³-hybridized carbons (Fsp3) is 0.941. The van der Waals surface area contributed by atoms with Crippen molar-refractivity contribution in [1.29, 1.82) is 0 Å². The zero-order chi connectivity index (χ0) is 18.0. The number of nitrogens with zero attached hydrogens (tertiary/aromatic N) is 1. The Balaban J connectivity index is 1.84. The van der Waals surface area contributed by atoms with E-state index in [1.54, 1.807) is 27.8 Å². The van der Waals surface area contributed by atoms with Crippen LogP contribution >= 0.6 is 0 Å². The van der Waals surface area contributed by atoms with Gasteiger partial charge in [-0.05, 0) is 47.0 Å². The van der Waals surface area contributed by atoms with Gasteiger partial charge in [0.25, 0.3) is 0 Å². The van der Waals surface area contributed by atoms with Gasteiger partial charge in [-0.1, -0.05) is 6.42 Å². The molecule has 0 aromatic rings. The third-order valence-electron chi connectivity index (χ3n) is 5.57. The minimum absolute atomic E-state index is 0.106. The van der Waals surface area contributed by atoms with Crippen LogP contribution in [-0.2, 0) is 14.6 Å². The number of ether oxygens (including phenoxy) is 1. The highest BCUT2D eigenvalue weighted by Crippen LogP contribution is 2.57. The Morgan fingerprint density at radius 1 is 1.33 bits per heavy atom. The van der Waals surface area contributed by atoms with Crippen molar-refractivity contribution in [2.75, 3.05) is 26.0 Å². The van der Waals surface area contributed by atoms with Crippen LogP contribution in [-0.4, -0.2) is 57.2 Å². The smallest absolute Gasteiger partial charge is 0.191 e. The summed E-state index contributed by atoms with van der Waals surface area (Å²) in [7, 11) is -1.40. The molecule has 2 saturated carbocycles. The lowest BCUT2D eigenvalue weighted by molar-refractivity contribution is -0.168. The molecule has 140 valence electrons. The fourth-order valence-corrected chi connectivity index (χ4v) is 4.59. The standard InChI is InChI=1S/C17H33N3O3S/c1-6-23-14-12-13(17(14)8-7-9-17)20-15(18-5)19-10-11-24(21,22)16(2,3)4/h13-14H,6-12H2,1-5H3,(H2,18,19,20). The van der Waals surface area contributed by atoms with Crippen molar-refractivity contribution < 1.29 is 13.2 Å². The van der Waals surface area contributed by atoms with E-state index in [4.69, 9.17) is 4.74 Å². The number of hydrogen-bond acceptors (Lipinski definition) is 4. The summed E-state index contributed by atoms with van der Waals surface area (Å²) in [5, 5.41) is 6.62. The lowest BCUT2D eigenvalue weighted by Crippen LogP contribution is -2.68. The van der Waals surface area contributed by atoms with Crippen molar-refractivity contribution in [2.24, 2.45) is 10.4 Å². The minimum Gasteiger partial charge on any atom is -0.378 e. The minimum atomic E-state index is -3.12. The van der Waals surface area contributed by atoms with Gasteiger partial charge in [-0.25, -0.2) is 8.42 Å². The average Bonchev–Trinajstić information content (AvgIpc) is 2.41. The normalized spacial score (nSPS) is 26.6. The molecule has 6 nitrogen and oxygen atoms in total. The summed E-state index contributed by atoms with van der Waals surface area (Å²) in [5.41, 5.74) is 0.255. The molecule has 0 heterocycles. The first kappa shape index (κ1) is 19.5. The Labute approximate surface area is 146 Å². The van der Waals surface area contributed by atoms with E-state index in [1.807, 2.05) is 6.92 Å². The Bertz CT molecular complexity index is 562. The second kappa shape index (κ2) is 7.20. The van der Waals surface area contributed by atoms with E-state index in [0.29, 0.717) is 24.7 Å². The van der Waals surface area contributed by atoms with Crippen molar-refractivity contribution in [1.82, 2.24) is 10.6 Å². The van der Waals surface area contributed by atoms with Gasteiger partial charge in [0.1, 0.15) is 0 Å². The van der Waals surface area contributed by atoms with Crippen LogP contribution in [0, 0.1) is 5.41 Å². The van der Waals surface area contributed by atoms with Crippen molar-refractivity contribution in [2.45, 2.75) is 70.3 Å². The van der Waals surface area contributed by atoms with Crippen LogP contribution in [0.15, 0.2) is 4.99 Å². The van der Waals surface area contributed by atoms with Crippen molar-refractivity contribution in [3.63, 3.8) is 0 Å². The molecule has 7 heteroatoms. The van der Waals surface area contributed by atoms with Gasteiger partial charge < -0.3 is 15.4 Å². The van der Waals surface area contributed by atoms with Gasteiger partial charge in [0, 0.05) is 31.7 Å². The molecule has 0 amide bonds. The van der Waals surface area contributed by atoms with Crippen molar-refractivity contribution >= 4 is 15.8 Å². The molecule has 24 heavy (non-hydrogen) atoms. The van der Waals surface area contributed by atoms with Crippen molar-refractivity contribution in [3.8, 4) is 0 Å². The van der Waals surface area contributed by atoms with Crippen LogP contribution in [0.5, 0.6) is 0 Å². The Kier molecular flexibility index (Phi) is 5.85. The molecule has 2 unspecified atom stereocenters. The number of sulfone groups is 1. The number of rotatable bonds is 6. The first-order valence-corrected chi connectivity index (χ1v) is 10.6. The summed E-state index contributed by atoms with van der Waals surface area (Å²) in [4.78, 5) is 4.25. The maximum atomic E-state index is 12.2. The van der Waals surface area contributed by atoms with Gasteiger partial charge in [-0.2, -0.15) is 0 Å². The molecule has 0 radical (unpaired) electrons. The number of guanidine groups is 1. The monoisotopic (exact) mass is 359 g/mol. The predicted octanol–water partition coefficient (Wildman–Crippen LogP) is 1.71. The van der Waals surface area contributed by atoms with Crippen LogP contribution in [0.4, 0.5) is 0 Å². The molecule has 2 atom stereocenters. The molecule has 0 aromatic heterocycles. The van der Waals surface area contributed by atoms with Gasteiger partial charge in [-0.3, -0.25) is 4.99 Å².